The Morgan fingerprint density at radius 1 is 1.21 bits per heavy atom. The zero-order valence-electron chi connectivity index (χ0n) is 16.0. The van der Waals surface area contributed by atoms with Crippen molar-refractivity contribution in [3.05, 3.63) is 69.8 Å². The second kappa shape index (κ2) is 7.70. The van der Waals surface area contributed by atoms with E-state index in [4.69, 9.17) is 0 Å². The number of nitrogens with one attached hydrogen (secondary N) is 2. The van der Waals surface area contributed by atoms with Gasteiger partial charge in [0.25, 0.3) is 11.6 Å². The van der Waals surface area contributed by atoms with Crippen molar-refractivity contribution in [2.45, 2.75) is 25.8 Å². The Morgan fingerprint density at radius 3 is 2.62 bits per heavy atom. The van der Waals surface area contributed by atoms with E-state index in [9.17, 15) is 24.5 Å². The van der Waals surface area contributed by atoms with E-state index in [1.54, 1.807) is 6.07 Å². The number of hydrogen-bond acceptors (Lipinski definition) is 5. The van der Waals surface area contributed by atoms with Gasteiger partial charge < -0.3 is 10.6 Å². The van der Waals surface area contributed by atoms with Gasteiger partial charge in [0.2, 0.25) is 5.91 Å². The largest absolute Gasteiger partial charge is 0.325 e. The van der Waals surface area contributed by atoms with Crippen LogP contribution in [0.15, 0.2) is 48.5 Å². The molecule has 0 bridgehead atoms. The molecule has 0 spiro atoms. The van der Waals surface area contributed by atoms with Crippen LogP contribution in [0.1, 0.15) is 25.0 Å². The van der Waals surface area contributed by atoms with Crippen LogP contribution >= 0.6 is 0 Å². The summed E-state index contributed by atoms with van der Waals surface area (Å²) in [5.74, 6) is -1.18. The first kappa shape index (κ1) is 20.0. The fraction of sp³-hybridized carbons (Fsp3) is 0.250. The molecule has 1 aliphatic rings. The van der Waals surface area contributed by atoms with Crippen molar-refractivity contribution in [2.75, 3.05) is 11.9 Å². The first-order valence-corrected chi connectivity index (χ1v) is 9.02. The quantitative estimate of drug-likeness (QED) is 0.441. The third-order valence-corrected chi connectivity index (χ3v) is 4.83. The summed E-state index contributed by atoms with van der Waals surface area (Å²) in [5.41, 5.74) is 0.186. The minimum Gasteiger partial charge on any atom is -0.325 e. The zero-order chi connectivity index (χ0) is 21.2. The third-order valence-electron chi connectivity index (χ3n) is 4.83. The van der Waals surface area contributed by atoms with Gasteiger partial charge in [-0.15, -0.1) is 0 Å². The Balaban J connectivity index is 1.77. The summed E-state index contributed by atoms with van der Waals surface area (Å²) in [6.45, 7) is 2.98. The van der Waals surface area contributed by atoms with Crippen molar-refractivity contribution in [3.8, 4) is 0 Å². The molecule has 2 aromatic rings. The number of hydrogen-bond donors (Lipinski definition) is 2. The number of nitrogens with zero attached hydrogens (tertiary/aromatic N) is 2. The summed E-state index contributed by atoms with van der Waals surface area (Å²) in [6, 6.07) is 12.0. The normalized spacial score (nSPS) is 18.5. The number of rotatable bonds is 6. The standard InChI is InChI=1S/C20H20N4O5/c1-3-13-6-4-8-15(10-13)21-17(25)12-23-18(26)20(2,22-19(23)27)14-7-5-9-16(11-14)24(28)29/h4-11H,3,12H2,1-2H3,(H,21,25)(H,22,27). The number of amides is 4. The molecule has 1 saturated heterocycles. The Hall–Kier alpha value is -3.75. The molecule has 150 valence electrons. The number of nitro groups is 1. The lowest BCUT2D eigenvalue weighted by Gasteiger charge is -2.22. The third kappa shape index (κ3) is 3.93. The van der Waals surface area contributed by atoms with Crippen molar-refractivity contribution in [1.82, 2.24) is 10.2 Å². The molecule has 1 aliphatic heterocycles. The Labute approximate surface area is 166 Å². The number of nitro benzene ring substituents is 1. The van der Waals surface area contributed by atoms with Crippen LogP contribution in [0.5, 0.6) is 0 Å². The maximum atomic E-state index is 12.9. The lowest BCUT2D eigenvalue weighted by atomic mass is 9.91. The van der Waals surface area contributed by atoms with Crippen LogP contribution in [0.3, 0.4) is 0 Å². The SMILES string of the molecule is CCc1cccc(NC(=O)CN2C(=O)NC(C)(c3cccc([N+](=O)[O-])c3)C2=O)c1. The summed E-state index contributed by atoms with van der Waals surface area (Å²) < 4.78 is 0. The molecule has 0 aliphatic carbocycles. The molecule has 2 N–H and O–H groups in total. The molecule has 0 radical (unpaired) electrons. The van der Waals surface area contributed by atoms with E-state index >= 15 is 0 Å². The molecule has 9 heteroatoms. The minimum absolute atomic E-state index is 0.197. The van der Waals surface area contributed by atoms with Gasteiger partial charge in [0.1, 0.15) is 12.1 Å². The lowest BCUT2D eigenvalue weighted by Crippen LogP contribution is -2.42. The predicted octanol–water partition coefficient (Wildman–Crippen LogP) is 2.56. The van der Waals surface area contributed by atoms with Gasteiger partial charge in [-0.3, -0.25) is 24.6 Å². The zero-order valence-corrected chi connectivity index (χ0v) is 16.0. The molecule has 1 atom stereocenters. The summed E-state index contributed by atoms with van der Waals surface area (Å²) in [5, 5.41) is 16.2. The number of carbonyl (C=O) groups excluding carboxylic acids is 3. The van der Waals surface area contributed by atoms with Gasteiger partial charge in [-0.1, -0.05) is 31.2 Å². The smallest absolute Gasteiger partial charge is 0.325 e. The molecule has 9 nitrogen and oxygen atoms in total. The van der Waals surface area contributed by atoms with Gasteiger partial charge in [0.05, 0.1) is 4.92 Å². The Morgan fingerprint density at radius 2 is 1.93 bits per heavy atom. The molecule has 0 saturated carbocycles. The lowest BCUT2D eigenvalue weighted by molar-refractivity contribution is -0.385. The molecule has 3 rings (SSSR count). The van der Waals surface area contributed by atoms with Crippen molar-refractivity contribution < 1.29 is 19.3 Å². The van der Waals surface area contributed by atoms with Gasteiger partial charge in [0, 0.05) is 17.8 Å². The summed E-state index contributed by atoms with van der Waals surface area (Å²) >= 11 is 0. The maximum absolute atomic E-state index is 12.9. The topological polar surface area (TPSA) is 122 Å². The Kier molecular flexibility index (Phi) is 5.31. The molecule has 4 amide bonds. The van der Waals surface area contributed by atoms with E-state index in [0.29, 0.717) is 5.69 Å². The van der Waals surface area contributed by atoms with Crippen LogP contribution in [-0.4, -0.2) is 34.2 Å². The number of imide groups is 1. The highest BCUT2D eigenvalue weighted by Crippen LogP contribution is 2.30. The summed E-state index contributed by atoms with van der Waals surface area (Å²) in [4.78, 5) is 48.9. The molecular formula is C20H20N4O5. The highest BCUT2D eigenvalue weighted by molar-refractivity contribution is 6.10. The predicted molar refractivity (Wildman–Crippen MR) is 105 cm³/mol. The monoisotopic (exact) mass is 396 g/mol. The van der Waals surface area contributed by atoms with E-state index in [0.717, 1.165) is 16.9 Å². The highest BCUT2D eigenvalue weighted by atomic mass is 16.6. The van der Waals surface area contributed by atoms with Crippen LogP contribution in [0.2, 0.25) is 0 Å². The molecule has 1 unspecified atom stereocenters. The number of non-ortho nitro benzene ring substituents is 1. The fourth-order valence-electron chi connectivity index (χ4n) is 3.18. The average Bonchev–Trinajstić information content (AvgIpc) is 2.92. The van der Waals surface area contributed by atoms with Crippen molar-refractivity contribution >= 4 is 29.2 Å². The second-order valence-corrected chi connectivity index (χ2v) is 6.86. The van der Waals surface area contributed by atoms with Gasteiger partial charge in [-0.25, -0.2) is 4.79 Å². The Bertz CT molecular complexity index is 1010. The van der Waals surface area contributed by atoms with Gasteiger partial charge >= 0.3 is 6.03 Å². The van der Waals surface area contributed by atoms with Crippen LogP contribution in [0, 0.1) is 10.1 Å². The number of urea groups is 1. The van der Waals surface area contributed by atoms with Crippen molar-refractivity contribution in [1.29, 1.82) is 0 Å². The minimum atomic E-state index is -1.49. The number of anilines is 1. The molecule has 29 heavy (non-hydrogen) atoms. The van der Waals surface area contributed by atoms with Crippen LogP contribution in [-0.2, 0) is 21.5 Å². The van der Waals surface area contributed by atoms with Crippen molar-refractivity contribution in [2.24, 2.45) is 0 Å². The average molecular weight is 396 g/mol. The van der Waals surface area contributed by atoms with E-state index in [1.807, 2.05) is 25.1 Å². The molecule has 1 fully saturated rings. The number of benzene rings is 2. The van der Waals surface area contributed by atoms with Crippen LogP contribution < -0.4 is 10.6 Å². The van der Waals surface area contributed by atoms with E-state index in [2.05, 4.69) is 10.6 Å². The first-order chi connectivity index (χ1) is 13.7. The number of aryl methyl sites for hydroxylation is 1. The van der Waals surface area contributed by atoms with Gasteiger partial charge in [0.15, 0.2) is 0 Å². The molecule has 2 aromatic carbocycles. The highest BCUT2D eigenvalue weighted by Gasteiger charge is 2.49. The van der Waals surface area contributed by atoms with Crippen LogP contribution in [0.4, 0.5) is 16.2 Å². The summed E-state index contributed by atoms with van der Waals surface area (Å²) in [7, 11) is 0. The molecule has 0 aromatic heterocycles. The van der Waals surface area contributed by atoms with Gasteiger partial charge in [-0.2, -0.15) is 0 Å². The van der Waals surface area contributed by atoms with Crippen molar-refractivity contribution in [3.63, 3.8) is 0 Å². The number of carbonyl (C=O) groups is 3. The van der Waals surface area contributed by atoms with Crippen LogP contribution in [0.25, 0.3) is 0 Å². The van der Waals surface area contributed by atoms with E-state index in [-0.39, 0.29) is 11.3 Å². The maximum Gasteiger partial charge on any atom is 0.325 e. The molecular weight excluding hydrogens is 376 g/mol. The molecule has 1 heterocycles. The summed E-state index contributed by atoms with van der Waals surface area (Å²) in [6.07, 6.45) is 0.804. The first-order valence-electron chi connectivity index (χ1n) is 9.02. The van der Waals surface area contributed by atoms with E-state index in [1.165, 1.54) is 31.2 Å². The van der Waals surface area contributed by atoms with Gasteiger partial charge in [-0.05, 0) is 36.6 Å². The van der Waals surface area contributed by atoms with E-state index < -0.39 is 34.9 Å². The second-order valence-electron chi connectivity index (χ2n) is 6.86. The fourth-order valence-corrected chi connectivity index (χ4v) is 3.18.